The Balaban J connectivity index is 2.06. The minimum absolute atomic E-state index is 0.296. The summed E-state index contributed by atoms with van der Waals surface area (Å²) in [5.41, 5.74) is 0.727. The van der Waals surface area contributed by atoms with Crippen molar-refractivity contribution in [1.29, 1.82) is 0 Å². The number of hydrogen-bond acceptors (Lipinski definition) is 7. The van der Waals surface area contributed by atoms with Gasteiger partial charge in [0.15, 0.2) is 15.8 Å². The SMILES string of the molecule is CCCOc1c(Cl)cc(/C=C/C(=O)Nc2nnc(SCC)s2)cc1OC. The number of aromatic nitrogens is 2. The molecule has 1 heterocycles. The zero-order chi connectivity index (χ0) is 18.9. The number of rotatable bonds is 9. The van der Waals surface area contributed by atoms with E-state index in [0.717, 1.165) is 22.1 Å². The molecule has 0 atom stereocenters. The third-order valence-corrected chi connectivity index (χ3v) is 5.17. The van der Waals surface area contributed by atoms with Crippen LogP contribution >= 0.6 is 34.7 Å². The maximum absolute atomic E-state index is 12.0. The third-order valence-electron chi connectivity index (χ3n) is 3.03. The minimum atomic E-state index is -0.296. The van der Waals surface area contributed by atoms with Crippen LogP contribution in [0.15, 0.2) is 22.5 Å². The van der Waals surface area contributed by atoms with E-state index in [1.54, 1.807) is 37.1 Å². The van der Waals surface area contributed by atoms with Crippen molar-refractivity contribution < 1.29 is 14.3 Å². The van der Waals surface area contributed by atoms with Crippen LogP contribution in [-0.2, 0) is 4.79 Å². The van der Waals surface area contributed by atoms with Crippen LogP contribution in [0.2, 0.25) is 5.02 Å². The predicted molar refractivity (Wildman–Crippen MR) is 108 cm³/mol. The zero-order valence-electron chi connectivity index (χ0n) is 14.7. The normalized spacial score (nSPS) is 10.9. The zero-order valence-corrected chi connectivity index (χ0v) is 17.1. The molecule has 26 heavy (non-hydrogen) atoms. The number of ether oxygens (including phenoxy) is 2. The molecule has 0 aliphatic heterocycles. The lowest BCUT2D eigenvalue weighted by Gasteiger charge is -2.12. The summed E-state index contributed by atoms with van der Waals surface area (Å²) in [6, 6.07) is 3.49. The molecule has 0 saturated heterocycles. The van der Waals surface area contributed by atoms with Gasteiger partial charge < -0.3 is 9.47 Å². The first kappa shape index (κ1) is 20.5. The van der Waals surface area contributed by atoms with Gasteiger partial charge in [-0.25, -0.2) is 0 Å². The number of nitrogens with zero attached hydrogens (tertiary/aromatic N) is 2. The van der Waals surface area contributed by atoms with Gasteiger partial charge in [0, 0.05) is 6.08 Å². The largest absolute Gasteiger partial charge is 0.493 e. The first-order valence-corrected chi connectivity index (χ1v) is 10.2. The second-order valence-electron chi connectivity index (χ2n) is 5.01. The fraction of sp³-hybridized carbons (Fsp3) is 0.353. The van der Waals surface area contributed by atoms with Crippen molar-refractivity contribution in [2.75, 3.05) is 24.8 Å². The number of thioether (sulfide) groups is 1. The van der Waals surface area contributed by atoms with Gasteiger partial charge in [0.25, 0.3) is 0 Å². The molecule has 2 aromatic rings. The van der Waals surface area contributed by atoms with Gasteiger partial charge in [-0.15, -0.1) is 10.2 Å². The molecule has 1 N–H and O–H groups in total. The first-order valence-electron chi connectivity index (χ1n) is 8.03. The second kappa shape index (κ2) is 10.4. The van der Waals surface area contributed by atoms with Gasteiger partial charge in [-0.3, -0.25) is 10.1 Å². The van der Waals surface area contributed by atoms with Crippen molar-refractivity contribution in [1.82, 2.24) is 10.2 Å². The average Bonchev–Trinajstić information content (AvgIpc) is 3.05. The van der Waals surface area contributed by atoms with Gasteiger partial charge in [-0.1, -0.05) is 48.5 Å². The van der Waals surface area contributed by atoms with Crippen LogP contribution in [0.3, 0.4) is 0 Å². The van der Waals surface area contributed by atoms with E-state index in [0.29, 0.717) is 28.3 Å². The molecule has 9 heteroatoms. The molecular formula is C17H20ClN3O3S2. The number of benzene rings is 1. The molecule has 0 bridgehead atoms. The maximum atomic E-state index is 12.0. The van der Waals surface area contributed by atoms with Gasteiger partial charge in [-0.2, -0.15) is 0 Å². The van der Waals surface area contributed by atoms with Crippen LogP contribution in [0.5, 0.6) is 11.5 Å². The number of nitrogens with one attached hydrogen (secondary N) is 1. The summed E-state index contributed by atoms with van der Waals surface area (Å²) in [6.45, 7) is 4.59. The van der Waals surface area contributed by atoms with E-state index in [1.807, 2.05) is 13.8 Å². The van der Waals surface area contributed by atoms with E-state index in [9.17, 15) is 4.79 Å². The predicted octanol–water partition coefficient (Wildman–Crippen LogP) is 4.75. The van der Waals surface area contributed by atoms with Crippen LogP contribution in [0.25, 0.3) is 6.08 Å². The quantitative estimate of drug-likeness (QED) is 0.363. The second-order valence-corrected chi connectivity index (χ2v) is 7.91. The van der Waals surface area contributed by atoms with Gasteiger partial charge in [-0.05, 0) is 35.9 Å². The molecule has 0 aliphatic carbocycles. The van der Waals surface area contributed by atoms with Crippen molar-refractivity contribution >= 4 is 51.8 Å². The number of carbonyl (C=O) groups excluding carboxylic acids is 1. The third kappa shape index (κ3) is 5.89. The summed E-state index contributed by atoms with van der Waals surface area (Å²) in [4.78, 5) is 12.0. The van der Waals surface area contributed by atoms with Crippen molar-refractivity contribution in [3.05, 3.63) is 28.8 Å². The van der Waals surface area contributed by atoms with Crippen molar-refractivity contribution in [2.24, 2.45) is 0 Å². The van der Waals surface area contributed by atoms with E-state index in [2.05, 4.69) is 15.5 Å². The summed E-state index contributed by atoms with van der Waals surface area (Å²) < 4.78 is 11.8. The molecule has 140 valence electrons. The monoisotopic (exact) mass is 413 g/mol. The molecule has 6 nitrogen and oxygen atoms in total. The van der Waals surface area contributed by atoms with Crippen LogP contribution < -0.4 is 14.8 Å². The van der Waals surface area contributed by atoms with E-state index in [-0.39, 0.29) is 5.91 Å². The topological polar surface area (TPSA) is 73.3 Å². The molecule has 0 saturated carbocycles. The van der Waals surface area contributed by atoms with E-state index >= 15 is 0 Å². The molecule has 1 aromatic carbocycles. The fourth-order valence-corrected chi connectivity index (χ4v) is 3.87. The maximum Gasteiger partial charge on any atom is 0.250 e. The smallest absolute Gasteiger partial charge is 0.250 e. The number of halogens is 1. The Morgan fingerprint density at radius 3 is 2.88 bits per heavy atom. The Kier molecular flexibility index (Phi) is 8.21. The Morgan fingerprint density at radius 1 is 1.38 bits per heavy atom. The number of methoxy groups -OCH3 is 1. The van der Waals surface area contributed by atoms with Gasteiger partial charge in [0.05, 0.1) is 18.7 Å². The summed E-state index contributed by atoms with van der Waals surface area (Å²) in [5.74, 6) is 1.64. The fourth-order valence-electron chi connectivity index (χ4n) is 1.94. The van der Waals surface area contributed by atoms with Crippen LogP contribution in [0.1, 0.15) is 25.8 Å². The van der Waals surface area contributed by atoms with Gasteiger partial charge >= 0.3 is 0 Å². The van der Waals surface area contributed by atoms with Crippen molar-refractivity contribution in [2.45, 2.75) is 24.6 Å². The highest BCUT2D eigenvalue weighted by molar-refractivity contribution is 8.01. The summed E-state index contributed by atoms with van der Waals surface area (Å²) in [6.07, 6.45) is 3.92. The van der Waals surface area contributed by atoms with E-state index < -0.39 is 0 Å². The van der Waals surface area contributed by atoms with Crippen molar-refractivity contribution in [3.63, 3.8) is 0 Å². The van der Waals surface area contributed by atoms with Crippen LogP contribution in [0, 0.1) is 0 Å². The van der Waals surface area contributed by atoms with Crippen LogP contribution in [-0.4, -0.2) is 35.6 Å². The van der Waals surface area contributed by atoms with Crippen LogP contribution in [0.4, 0.5) is 5.13 Å². The Morgan fingerprint density at radius 2 is 2.19 bits per heavy atom. The molecule has 1 amide bonds. The number of anilines is 1. The van der Waals surface area contributed by atoms with E-state index in [1.165, 1.54) is 17.4 Å². The Bertz CT molecular complexity index is 781. The lowest BCUT2D eigenvalue weighted by atomic mass is 10.2. The number of amides is 1. The molecular weight excluding hydrogens is 394 g/mol. The molecule has 0 radical (unpaired) electrons. The minimum Gasteiger partial charge on any atom is -0.493 e. The Hall–Kier alpha value is -1.77. The van der Waals surface area contributed by atoms with Gasteiger partial charge in [0.1, 0.15) is 0 Å². The highest BCUT2D eigenvalue weighted by Crippen LogP contribution is 2.36. The molecule has 0 aliphatic rings. The average molecular weight is 414 g/mol. The number of carbonyl (C=O) groups is 1. The summed E-state index contributed by atoms with van der Waals surface area (Å²) >= 11 is 9.19. The number of hydrogen-bond donors (Lipinski definition) is 1. The summed E-state index contributed by atoms with van der Waals surface area (Å²) in [5, 5.41) is 11.5. The summed E-state index contributed by atoms with van der Waals surface area (Å²) in [7, 11) is 1.55. The van der Waals surface area contributed by atoms with Gasteiger partial charge in [0.2, 0.25) is 11.0 Å². The standard InChI is InChI=1S/C17H20ClN3O3S2/c1-4-8-24-15-12(18)9-11(10-13(15)23-3)6-7-14(22)19-16-20-21-17(26-16)25-5-2/h6-7,9-10H,4-5,8H2,1-3H3,(H,19,20,22)/b7-6+. The lowest BCUT2D eigenvalue weighted by Crippen LogP contribution is -2.07. The highest BCUT2D eigenvalue weighted by Gasteiger charge is 2.11. The van der Waals surface area contributed by atoms with Crippen molar-refractivity contribution in [3.8, 4) is 11.5 Å². The lowest BCUT2D eigenvalue weighted by molar-refractivity contribution is -0.111. The molecule has 1 aromatic heterocycles. The molecule has 2 rings (SSSR count). The molecule has 0 unspecified atom stereocenters. The molecule has 0 spiro atoms. The Labute approximate surface area is 165 Å². The first-order chi connectivity index (χ1) is 12.6. The highest BCUT2D eigenvalue weighted by atomic mass is 35.5. The molecule has 0 fully saturated rings. The van der Waals surface area contributed by atoms with E-state index in [4.69, 9.17) is 21.1 Å².